The fourth-order valence-electron chi connectivity index (χ4n) is 4.22. The Hall–Kier alpha value is -3.22. The van der Waals surface area contributed by atoms with Gasteiger partial charge in [-0.2, -0.15) is 17.8 Å². The molecule has 0 aliphatic rings. The number of anilines is 1. The second-order valence-corrected chi connectivity index (χ2v) is 14.7. The van der Waals surface area contributed by atoms with E-state index in [1.807, 2.05) is 45.0 Å². The average molecular weight is 575 g/mol. The first-order valence-corrected chi connectivity index (χ1v) is 14.4. The highest BCUT2D eigenvalue weighted by atomic mass is 32.2. The quantitative estimate of drug-likeness (QED) is 0.409. The fraction of sp³-hybridized carbons (Fsp3) is 0.536. The predicted octanol–water partition coefficient (Wildman–Crippen LogP) is 4.32. The number of ether oxygens (including phenoxy) is 1. The summed E-state index contributed by atoms with van der Waals surface area (Å²) < 4.78 is 35.3. The summed E-state index contributed by atoms with van der Waals surface area (Å²) in [4.78, 5) is 16.9. The smallest absolute Gasteiger partial charge is 0.413 e. The van der Waals surface area contributed by atoms with Crippen LogP contribution in [0.15, 0.2) is 36.7 Å². The van der Waals surface area contributed by atoms with Gasteiger partial charge in [-0.25, -0.2) is 13.8 Å². The molecule has 0 bridgehead atoms. The Morgan fingerprint density at radius 2 is 1.62 bits per heavy atom. The minimum atomic E-state index is -3.91. The number of carbonyl (C=O) groups excluding carboxylic acids is 1. The Morgan fingerprint density at radius 3 is 2.15 bits per heavy atom. The molecule has 0 radical (unpaired) electrons. The lowest BCUT2D eigenvalue weighted by atomic mass is 9.91. The monoisotopic (exact) mass is 574 g/mol. The van der Waals surface area contributed by atoms with Crippen molar-refractivity contribution in [3.8, 4) is 11.1 Å². The number of aromatic nitrogens is 4. The Bertz CT molecular complexity index is 1460. The van der Waals surface area contributed by atoms with Crippen LogP contribution < -0.4 is 5.32 Å². The lowest BCUT2D eigenvalue weighted by Gasteiger charge is -2.25. The van der Waals surface area contributed by atoms with Crippen LogP contribution in [0.25, 0.3) is 11.1 Å². The first-order chi connectivity index (χ1) is 18.2. The Labute approximate surface area is 237 Å². The minimum absolute atomic E-state index is 0.0561. The van der Waals surface area contributed by atoms with Crippen LogP contribution in [0.2, 0.25) is 0 Å². The van der Waals surface area contributed by atoms with E-state index in [9.17, 15) is 18.3 Å². The van der Waals surface area contributed by atoms with Crippen molar-refractivity contribution in [3.63, 3.8) is 0 Å². The van der Waals surface area contributed by atoms with Gasteiger partial charge in [0, 0.05) is 45.5 Å². The number of hydrogen-bond donors (Lipinski definition) is 2. The number of rotatable bonds is 8. The van der Waals surface area contributed by atoms with Crippen LogP contribution >= 0.6 is 0 Å². The molecular weight excluding hydrogens is 532 g/mol. The number of imidazole rings is 1. The Morgan fingerprint density at radius 1 is 1.02 bits per heavy atom. The lowest BCUT2D eigenvalue weighted by Crippen LogP contribution is -2.35. The zero-order valence-electron chi connectivity index (χ0n) is 25.1. The summed E-state index contributed by atoms with van der Waals surface area (Å²) in [6, 6.07) is 7.41. The number of nitrogens with zero attached hydrogens (tertiary/aromatic N) is 5. The van der Waals surface area contributed by atoms with Crippen LogP contribution in [0.5, 0.6) is 0 Å². The fourth-order valence-corrected chi connectivity index (χ4v) is 5.28. The van der Waals surface area contributed by atoms with Crippen molar-refractivity contribution >= 4 is 22.1 Å². The van der Waals surface area contributed by atoms with E-state index in [1.54, 1.807) is 45.6 Å². The molecular formula is C28H42N6O5S. The molecule has 11 nitrogen and oxygen atoms in total. The highest BCUT2D eigenvalue weighted by molar-refractivity contribution is 7.87. The lowest BCUT2D eigenvalue weighted by molar-refractivity contribution is 0.0472. The number of aryl methyl sites for hydroxylation is 1. The summed E-state index contributed by atoms with van der Waals surface area (Å²) in [7, 11) is 0.736. The summed E-state index contributed by atoms with van der Waals surface area (Å²) >= 11 is 0. The molecule has 220 valence electrons. The van der Waals surface area contributed by atoms with E-state index in [2.05, 4.69) is 15.4 Å². The van der Waals surface area contributed by atoms with E-state index in [0.29, 0.717) is 23.5 Å². The van der Waals surface area contributed by atoms with Gasteiger partial charge in [-0.3, -0.25) is 10.00 Å². The highest BCUT2D eigenvalue weighted by Crippen LogP contribution is 2.31. The van der Waals surface area contributed by atoms with E-state index < -0.39 is 27.5 Å². The van der Waals surface area contributed by atoms with E-state index in [-0.39, 0.29) is 17.7 Å². The van der Waals surface area contributed by atoms with Crippen LogP contribution in [-0.4, -0.2) is 62.4 Å². The normalized spacial score (nSPS) is 14.3. The third-order valence-electron chi connectivity index (χ3n) is 5.89. The van der Waals surface area contributed by atoms with Crippen molar-refractivity contribution in [3.05, 3.63) is 53.7 Å². The van der Waals surface area contributed by atoms with Crippen molar-refractivity contribution < 1.29 is 23.1 Å². The molecule has 40 heavy (non-hydrogen) atoms. The molecule has 0 saturated heterocycles. The molecule has 3 aromatic rings. The first-order valence-electron chi connectivity index (χ1n) is 13.0. The number of amides is 1. The summed E-state index contributed by atoms with van der Waals surface area (Å²) in [5.41, 5.74) is 0.504. The highest BCUT2D eigenvalue weighted by Gasteiger charge is 2.35. The molecule has 1 atom stereocenters. The molecule has 2 N–H and O–H groups in total. The summed E-state index contributed by atoms with van der Waals surface area (Å²) in [6.07, 6.45) is 3.35. The van der Waals surface area contributed by atoms with E-state index in [1.165, 1.54) is 20.3 Å². The Balaban J connectivity index is 1.90. The number of nitrogens with one attached hydrogen (secondary N) is 1. The second-order valence-electron chi connectivity index (χ2n) is 12.7. The molecule has 0 saturated carbocycles. The number of carbonyl (C=O) groups is 1. The standard InChI is InChI=1S/C28H42N6O5S/c1-26(2,3)16-21-17-34(40(37,38)32(8)9)24(29-21)28(7,36)15-19-11-13-20(14-12-19)22-18-33(10)31-23(22)30-25(35)39-27(4,5)6/h11-14,17-18,36H,15-16H2,1-10H3,(H,30,31,35). The Kier molecular flexibility index (Phi) is 8.60. The van der Waals surface area contributed by atoms with Gasteiger partial charge in [0.05, 0.1) is 5.69 Å². The topological polar surface area (TPSA) is 132 Å². The summed E-state index contributed by atoms with van der Waals surface area (Å²) in [5.74, 6) is 0.416. The molecule has 3 rings (SSSR count). The van der Waals surface area contributed by atoms with Crippen molar-refractivity contribution in [1.29, 1.82) is 0 Å². The number of benzene rings is 1. The molecule has 0 spiro atoms. The molecule has 2 aromatic heterocycles. The van der Waals surface area contributed by atoms with Gasteiger partial charge in [-0.1, -0.05) is 45.0 Å². The third-order valence-corrected chi connectivity index (χ3v) is 7.59. The van der Waals surface area contributed by atoms with Crippen molar-refractivity contribution in [2.24, 2.45) is 12.5 Å². The second kappa shape index (κ2) is 11.0. The van der Waals surface area contributed by atoms with Crippen molar-refractivity contribution in [2.75, 3.05) is 19.4 Å². The maximum atomic E-state index is 13.1. The van der Waals surface area contributed by atoms with Gasteiger partial charge >= 0.3 is 16.3 Å². The number of hydrogen-bond acceptors (Lipinski definition) is 7. The molecule has 1 aromatic carbocycles. The van der Waals surface area contributed by atoms with Crippen LogP contribution in [0.3, 0.4) is 0 Å². The molecule has 0 fully saturated rings. The van der Waals surface area contributed by atoms with Gasteiger partial charge in [0.15, 0.2) is 11.6 Å². The minimum Gasteiger partial charge on any atom is -0.444 e. The maximum absolute atomic E-state index is 13.1. The van der Waals surface area contributed by atoms with Gasteiger partial charge in [0.2, 0.25) is 0 Å². The van der Waals surface area contributed by atoms with Gasteiger partial charge in [-0.05, 0) is 50.7 Å². The van der Waals surface area contributed by atoms with Crippen LogP contribution in [0, 0.1) is 5.41 Å². The zero-order chi connectivity index (χ0) is 30.3. The van der Waals surface area contributed by atoms with Gasteiger partial charge in [-0.15, -0.1) is 0 Å². The number of aliphatic hydroxyl groups is 1. The third kappa shape index (κ3) is 7.70. The van der Waals surface area contributed by atoms with Crippen LogP contribution in [0.1, 0.15) is 65.5 Å². The molecule has 12 heteroatoms. The molecule has 0 aliphatic heterocycles. The van der Waals surface area contributed by atoms with E-state index in [4.69, 9.17) is 4.74 Å². The summed E-state index contributed by atoms with van der Waals surface area (Å²) in [6.45, 7) is 13.1. The largest absolute Gasteiger partial charge is 0.444 e. The average Bonchev–Trinajstić information content (AvgIpc) is 3.35. The van der Waals surface area contributed by atoms with E-state index in [0.717, 1.165) is 19.4 Å². The van der Waals surface area contributed by atoms with Gasteiger partial charge in [0.1, 0.15) is 11.2 Å². The van der Waals surface area contributed by atoms with Crippen molar-refractivity contribution in [1.82, 2.24) is 23.0 Å². The SMILES string of the molecule is CN(C)S(=O)(=O)n1cc(CC(C)(C)C)nc1C(C)(O)Cc1ccc(-c2cn(C)nc2NC(=O)OC(C)(C)C)cc1. The molecule has 0 aliphatic carbocycles. The molecule has 1 unspecified atom stereocenters. The predicted molar refractivity (Wildman–Crippen MR) is 155 cm³/mol. The van der Waals surface area contributed by atoms with E-state index >= 15 is 0 Å². The van der Waals surface area contributed by atoms with Crippen molar-refractivity contribution in [2.45, 2.75) is 72.5 Å². The maximum Gasteiger partial charge on any atom is 0.413 e. The molecule has 1 amide bonds. The molecule has 2 heterocycles. The zero-order valence-corrected chi connectivity index (χ0v) is 25.9. The van der Waals surface area contributed by atoms with Gasteiger partial charge in [0.25, 0.3) is 0 Å². The summed E-state index contributed by atoms with van der Waals surface area (Å²) in [5, 5.41) is 18.6. The van der Waals surface area contributed by atoms with Gasteiger partial charge < -0.3 is 9.84 Å². The first kappa shape index (κ1) is 31.3. The van der Waals surface area contributed by atoms with Crippen LogP contribution in [-0.2, 0) is 40.4 Å². The van der Waals surface area contributed by atoms with Crippen LogP contribution in [0.4, 0.5) is 10.6 Å².